The van der Waals surface area contributed by atoms with E-state index in [2.05, 4.69) is 16.0 Å². The molecular formula is C33H55N5O6. The fourth-order valence-corrected chi connectivity index (χ4v) is 5.77. The van der Waals surface area contributed by atoms with Crippen molar-refractivity contribution in [3.63, 3.8) is 0 Å². The molecule has 1 aromatic carbocycles. The number of benzene rings is 1. The van der Waals surface area contributed by atoms with E-state index in [4.69, 9.17) is 9.47 Å². The fraction of sp³-hybridized carbons (Fsp3) is 0.727. The van der Waals surface area contributed by atoms with Crippen LogP contribution in [-0.2, 0) is 4.74 Å². The zero-order chi connectivity index (χ0) is 32.2. The average molecular weight is 618 g/mol. The molecular weight excluding hydrogens is 562 g/mol. The minimum atomic E-state index is -0.489. The van der Waals surface area contributed by atoms with Crippen LogP contribution < -0.4 is 20.7 Å². The summed E-state index contributed by atoms with van der Waals surface area (Å²) >= 11 is 0. The summed E-state index contributed by atoms with van der Waals surface area (Å²) in [5.74, 6) is -0.0202. The zero-order valence-corrected chi connectivity index (χ0v) is 27.6. The number of hydrogen-bond acceptors (Lipinski definition) is 6. The SMILES string of the molecule is CC(C)NC(=O)N(C)C[C@@H]1OCCCC[C@@H](C)Oc2ccc(NC(=O)NC3CCCCC3)cc2C(=O)N([C@H](C)CO)C[C@@H]1C. The van der Waals surface area contributed by atoms with Crippen LogP contribution in [-0.4, -0.2) is 96.6 Å². The number of anilines is 1. The van der Waals surface area contributed by atoms with Gasteiger partial charge in [-0.1, -0.05) is 26.2 Å². The summed E-state index contributed by atoms with van der Waals surface area (Å²) in [6, 6.07) is 4.36. The summed E-state index contributed by atoms with van der Waals surface area (Å²) in [5.41, 5.74) is 0.814. The van der Waals surface area contributed by atoms with E-state index < -0.39 is 6.04 Å². The molecule has 3 rings (SSSR count). The van der Waals surface area contributed by atoms with Crippen LogP contribution in [0.4, 0.5) is 15.3 Å². The van der Waals surface area contributed by atoms with Crippen LogP contribution in [0.1, 0.15) is 96.3 Å². The quantitative estimate of drug-likeness (QED) is 0.341. The molecule has 2 aliphatic rings. The van der Waals surface area contributed by atoms with Crippen molar-refractivity contribution in [3.8, 4) is 5.75 Å². The molecule has 5 amide bonds. The van der Waals surface area contributed by atoms with Gasteiger partial charge in [-0.05, 0) is 78.0 Å². The largest absolute Gasteiger partial charge is 0.490 e. The van der Waals surface area contributed by atoms with Crippen LogP contribution in [0.5, 0.6) is 5.75 Å². The second kappa shape index (κ2) is 17.4. The summed E-state index contributed by atoms with van der Waals surface area (Å²) in [7, 11) is 1.74. The summed E-state index contributed by atoms with van der Waals surface area (Å²) in [5, 5.41) is 19.0. The highest BCUT2D eigenvalue weighted by molar-refractivity contribution is 5.99. The van der Waals surface area contributed by atoms with Gasteiger partial charge in [0.2, 0.25) is 0 Å². The van der Waals surface area contributed by atoms with E-state index in [9.17, 15) is 19.5 Å². The van der Waals surface area contributed by atoms with Gasteiger partial charge in [-0.15, -0.1) is 0 Å². The number of carbonyl (C=O) groups is 3. The Kier molecular flexibility index (Phi) is 14.0. The molecule has 1 heterocycles. The van der Waals surface area contributed by atoms with Crippen molar-refractivity contribution in [1.82, 2.24) is 20.4 Å². The zero-order valence-electron chi connectivity index (χ0n) is 27.6. The van der Waals surface area contributed by atoms with E-state index in [1.807, 2.05) is 27.7 Å². The molecule has 1 aliphatic heterocycles. The third kappa shape index (κ3) is 10.8. The monoisotopic (exact) mass is 617 g/mol. The summed E-state index contributed by atoms with van der Waals surface area (Å²) in [6.07, 6.45) is 7.36. The van der Waals surface area contributed by atoms with Crippen molar-refractivity contribution < 1.29 is 29.0 Å². The number of likely N-dealkylation sites (N-methyl/N-ethyl adjacent to an activating group) is 1. The number of nitrogens with zero attached hydrogens (tertiary/aromatic N) is 2. The minimum absolute atomic E-state index is 0.00722. The van der Waals surface area contributed by atoms with Gasteiger partial charge in [0.05, 0.1) is 30.4 Å². The van der Waals surface area contributed by atoms with E-state index in [0.29, 0.717) is 36.7 Å². The van der Waals surface area contributed by atoms with Crippen molar-refractivity contribution in [3.05, 3.63) is 23.8 Å². The molecule has 1 aromatic rings. The molecule has 4 N–H and O–H groups in total. The van der Waals surface area contributed by atoms with Crippen LogP contribution in [0.25, 0.3) is 0 Å². The van der Waals surface area contributed by atoms with Crippen LogP contribution >= 0.6 is 0 Å². The maximum absolute atomic E-state index is 14.3. The number of rotatable bonds is 7. The summed E-state index contributed by atoms with van der Waals surface area (Å²) < 4.78 is 12.6. The van der Waals surface area contributed by atoms with E-state index >= 15 is 0 Å². The Balaban J connectivity index is 1.88. The second-order valence-electron chi connectivity index (χ2n) is 12.9. The summed E-state index contributed by atoms with van der Waals surface area (Å²) in [4.78, 5) is 43.0. The minimum Gasteiger partial charge on any atom is -0.490 e. The number of fused-ring (bicyclic) bond motifs is 1. The highest BCUT2D eigenvalue weighted by Gasteiger charge is 2.31. The summed E-state index contributed by atoms with van der Waals surface area (Å²) in [6.45, 7) is 10.6. The van der Waals surface area contributed by atoms with Gasteiger partial charge in [-0.25, -0.2) is 9.59 Å². The van der Waals surface area contributed by atoms with E-state index in [-0.39, 0.29) is 54.8 Å². The Labute approximate surface area is 263 Å². The number of ether oxygens (including phenoxy) is 2. The normalized spacial score (nSPS) is 23.1. The number of hydrogen-bond donors (Lipinski definition) is 4. The molecule has 0 unspecified atom stereocenters. The van der Waals surface area contributed by atoms with Gasteiger partial charge < -0.3 is 40.3 Å². The van der Waals surface area contributed by atoms with Crippen molar-refractivity contribution in [2.45, 2.75) is 116 Å². The fourth-order valence-electron chi connectivity index (χ4n) is 5.77. The third-order valence-electron chi connectivity index (χ3n) is 8.46. The smallest absolute Gasteiger partial charge is 0.319 e. The molecule has 0 bridgehead atoms. The van der Waals surface area contributed by atoms with Crippen LogP contribution in [0, 0.1) is 5.92 Å². The van der Waals surface area contributed by atoms with E-state index in [1.165, 1.54) is 6.42 Å². The maximum Gasteiger partial charge on any atom is 0.319 e. The number of aliphatic hydroxyl groups excluding tert-OH is 1. The van der Waals surface area contributed by atoms with Gasteiger partial charge in [-0.2, -0.15) is 0 Å². The van der Waals surface area contributed by atoms with Crippen LogP contribution in [0.2, 0.25) is 0 Å². The first-order valence-corrected chi connectivity index (χ1v) is 16.4. The lowest BCUT2D eigenvalue weighted by atomic mass is 9.96. The Bertz CT molecular complexity index is 1080. The number of aliphatic hydroxyl groups is 1. The molecule has 1 fully saturated rings. The Morgan fingerprint density at radius 2 is 1.77 bits per heavy atom. The lowest BCUT2D eigenvalue weighted by molar-refractivity contribution is -0.0122. The molecule has 0 aromatic heterocycles. The molecule has 11 nitrogen and oxygen atoms in total. The van der Waals surface area contributed by atoms with Crippen molar-refractivity contribution in [2.24, 2.45) is 5.92 Å². The Morgan fingerprint density at radius 1 is 1.07 bits per heavy atom. The first kappa shape index (κ1) is 35.4. The lowest BCUT2D eigenvalue weighted by Crippen LogP contribution is -2.49. The number of amides is 5. The molecule has 0 radical (unpaired) electrons. The van der Waals surface area contributed by atoms with Gasteiger partial charge >= 0.3 is 12.1 Å². The van der Waals surface area contributed by atoms with Gasteiger partial charge in [0.1, 0.15) is 5.75 Å². The Hall–Kier alpha value is -3.05. The molecule has 248 valence electrons. The molecule has 44 heavy (non-hydrogen) atoms. The standard InChI is InChI=1S/C33H55N5O6/c1-22(2)34-33(42)37(6)20-30-23(3)19-38(24(4)21-39)31(40)28-18-27(36-32(41)35-26-13-8-7-9-14-26)15-16-29(28)44-25(5)12-10-11-17-43-30/h15-16,18,22-26,30,39H,7-14,17,19-21H2,1-6H3,(H,34,42)(H2,35,36,41)/t23-,24+,25+,30-/m0/s1. The Morgan fingerprint density at radius 3 is 2.45 bits per heavy atom. The van der Waals surface area contributed by atoms with Crippen molar-refractivity contribution in [1.29, 1.82) is 0 Å². The number of carbonyl (C=O) groups excluding carboxylic acids is 3. The maximum atomic E-state index is 14.3. The molecule has 4 atom stereocenters. The first-order valence-electron chi connectivity index (χ1n) is 16.4. The first-order chi connectivity index (χ1) is 21.0. The predicted octanol–water partition coefficient (Wildman–Crippen LogP) is 4.99. The predicted molar refractivity (Wildman–Crippen MR) is 172 cm³/mol. The van der Waals surface area contributed by atoms with Crippen molar-refractivity contribution >= 4 is 23.7 Å². The van der Waals surface area contributed by atoms with Crippen molar-refractivity contribution in [2.75, 3.05) is 38.7 Å². The number of urea groups is 2. The van der Waals surface area contributed by atoms with Crippen LogP contribution in [0.3, 0.4) is 0 Å². The molecule has 0 spiro atoms. The highest BCUT2D eigenvalue weighted by atomic mass is 16.5. The van der Waals surface area contributed by atoms with Gasteiger partial charge in [0.15, 0.2) is 0 Å². The third-order valence-corrected chi connectivity index (χ3v) is 8.46. The molecule has 1 saturated carbocycles. The molecule has 1 aliphatic carbocycles. The van der Waals surface area contributed by atoms with Gasteiger partial charge in [0, 0.05) is 50.4 Å². The molecule has 11 heteroatoms. The molecule has 0 saturated heterocycles. The highest BCUT2D eigenvalue weighted by Crippen LogP contribution is 2.29. The van der Waals surface area contributed by atoms with E-state index in [1.54, 1.807) is 42.0 Å². The topological polar surface area (TPSA) is 132 Å². The van der Waals surface area contributed by atoms with Gasteiger partial charge in [0.25, 0.3) is 5.91 Å². The van der Waals surface area contributed by atoms with Gasteiger partial charge in [-0.3, -0.25) is 4.79 Å². The van der Waals surface area contributed by atoms with E-state index in [0.717, 1.165) is 44.9 Å². The number of nitrogens with one attached hydrogen (secondary N) is 3. The average Bonchev–Trinajstić information content (AvgIpc) is 2.98. The van der Waals surface area contributed by atoms with Crippen LogP contribution in [0.15, 0.2) is 18.2 Å². The lowest BCUT2D eigenvalue weighted by Gasteiger charge is -2.36. The second-order valence-corrected chi connectivity index (χ2v) is 12.9.